The zero-order valence-corrected chi connectivity index (χ0v) is 10.8. The molecule has 0 aromatic heterocycles. The lowest BCUT2D eigenvalue weighted by atomic mass is 10.1. The molecule has 0 radical (unpaired) electrons. The summed E-state index contributed by atoms with van der Waals surface area (Å²) in [6.45, 7) is 1.61. The molecule has 3 nitrogen and oxygen atoms in total. The molecule has 1 N–H and O–H groups in total. The van der Waals surface area contributed by atoms with Crippen LogP contribution in [0.1, 0.15) is 18.6 Å². The minimum Gasteiger partial charge on any atom is -0.388 e. The summed E-state index contributed by atoms with van der Waals surface area (Å²) in [7, 11) is -3.14. The second kappa shape index (κ2) is 5.09. The maximum absolute atomic E-state index is 11.5. The highest BCUT2D eigenvalue weighted by Crippen LogP contribution is 2.18. The van der Waals surface area contributed by atoms with Gasteiger partial charge in [-0.2, -0.15) is 0 Å². The highest BCUT2D eigenvalue weighted by atomic mass is 79.9. The van der Waals surface area contributed by atoms with Gasteiger partial charge in [0.2, 0.25) is 0 Å². The average Bonchev–Trinajstić information content (AvgIpc) is 2.28. The van der Waals surface area contributed by atoms with Crippen LogP contribution in [0, 0.1) is 0 Å². The molecule has 0 heterocycles. The number of aliphatic hydroxyl groups excluding tert-OH is 1. The van der Waals surface area contributed by atoms with Gasteiger partial charge in [-0.15, -0.1) is 0 Å². The van der Waals surface area contributed by atoms with E-state index in [2.05, 4.69) is 15.9 Å². The van der Waals surface area contributed by atoms with Gasteiger partial charge in [-0.1, -0.05) is 35.0 Å². The fraction of sp³-hybridized carbons (Fsp3) is 0.400. The van der Waals surface area contributed by atoms with Gasteiger partial charge >= 0.3 is 0 Å². The molecule has 1 aromatic carbocycles. The van der Waals surface area contributed by atoms with Gasteiger partial charge in [0.25, 0.3) is 0 Å². The van der Waals surface area contributed by atoms with Crippen molar-refractivity contribution in [1.29, 1.82) is 0 Å². The summed E-state index contributed by atoms with van der Waals surface area (Å²) in [5.41, 5.74) is 0.710. The summed E-state index contributed by atoms with van der Waals surface area (Å²) >= 11 is 3.15. The van der Waals surface area contributed by atoms with Gasteiger partial charge in [-0.05, 0) is 17.7 Å². The molecule has 15 heavy (non-hydrogen) atoms. The Bertz CT molecular complexity index is 411. The first kappa shape index (κ1) is 12.7. The topological polar surface area (TPSA) is 54.4 Å². The van der Waals surface area contributed by atoms with Gasteiger partial charge in [0, 0.05) is 5.33 Å². The Morgan fingerprint density at radius 3 is 2.27 bits per heavy atom. The minimum atomic E-state index is -3.14. The third-order valence-electron chi connectivity index (χ3n) is 2.15. The molecule has 0 saturated carbocycles. The van der Waals surface area contributed by atoms with Crippen LogP contribution in [0.25, 0.3) is 0 Å². The van der Waals surface area contributed by atoms with E-state index in [-0.39, 0.29) is 5.75 Å². The molecule has 1 unspecified atom stereocenters. The fourth-order valence-corrected chi connectivity index (χ4v) is 2.41. The summed E-state index contributed by atoms with van der Waals surface area (Å²) in [5, 5.41) is 9.92. The number of aliphatic hydroxyl groups is 1. The third-order valence-corrected chi connectivity index (χ3v) is 4.51. The van der Waals surface area contributed by atoms with E-state index in [1.54, 1.807) is 19.1 Å². The molecule has 0 bridgehead atoms. The molecule has 1 atom stereocenters. The van der Waals surface area contributed by atoms with E-state index in [4.69, 9.17) is 0 Å². The Hall–Kier alpha value is -0.390. The van der Waals surface area contributed by atoms with E-state index in [0.717, 1.165) is 0 Å². The van der Waals surface area contributed by atoms with Crippen LogP contribution in [-0.4, -0.2) is 24.6 Å². The van der Waals surface area contributed by atoms with Crippen molar-refractivity contribution in [2.75, 3.05) is 11.1 Å². The van der Waals surface area contributed by atoms with Gasteiger partial charge in [0.15, 0.2) is 9.84 Å². The Morgan fingerprint density at radius 1 is 1.33 bits per heavy atom. The number of sulfone groups is 1. The number of benzene rings is 1. The minimum absolute atomic E-state index is 0.0906. The van der Waals surface area contributed by atoms with Gasteiger partial charge in [0.1, 0.15) is 0 Å². The monoisotopic (exact) mass is 292 g/mol. The molecule has 0 aliphatic carbocycles. The first-order valence-electron chi connectivity index (χ1n) is 4.58. The van der Waals surface area contributed by atoms with E-state index < -0.39 is 15.9 Å². The first-order valence-corrected chi connectivity index (χ1v) is 7.35. The summed E-state index contributed by atoms with van der Waals surface area (Å²) in [6, 6.07) is 6.32. The van der Waals surface area contributed by atoms with Crippen molar-refractivity contribution in [2.45, 2.75) is 17.9 Å². The summed E-state index contributed by atoms with van der Waals surface area (Å²) in [5.74, 6) is 0.0906. The first-order chi connectivity index (χ1) is 7.01. The Morgan fingerprint density at radius 2 is 1.87 bits per heavy atom. The van der Waals surface area contributed by atoms with E-state index in [9.17, 15) is 13.5 Å². The van der Waals surface area contributed by atoms with E-state index in [1.165, 1.54) is 12.1 Å². The van der Waals surface area contributed by atoms with Crippen molar-refractivity contribution in [3.63, 3.8) is 0 Å². The number of hydrogen-bond acceptors (Lipinski definition) is 3. The predicted molar refractivity (Wildman–Crippen MR) is 62.9 cm³/mol. The van der Waals surface area contributed by atoms with Crippen LogP contribution in [0.2, 0.25) is 0 Å². The second-order valence-corrected chi connectivity index (χ2v) is 6.07. The molecular formula is C10H13BrO3S. The molecule has 0 saturated heterocycles. The predicted octanol–water partition coefficient (Wildman–Crippen LogP) is 1.91. The fourth-order valence-electron chi connectivity index (χ4n) is 1.15. The molecule has 0 aliphatic rings. The smallest absolute Gasteiger partial charge is 0.178 e. The van der Waals surface area contributed by atoms with Crippen LogP contribution in [0.5, 0.6) is 0 Å². The largest absolute Gasteiger partial charge is 0.388 e. The Balaban J connectivity index is 3.00. The lowest BCUT2D eigenvalue weighted by molar-refractivity contribution is 0.205. The Labute approximate surface area is 98.2 Å². The SMILES string of the molecule is CCS(=O)(=O)c1ccc(C(O)CBr)cc1. The van der Waals surface area contributed by atoms with Gasteiger partial charge < -0.3 is 5.11 Å². The lowest BCUT2D eigenvalue weighted by Gasteiger charge is -2.08. The van der Waals surface area contributed by atoms with Gasteiger partial charge in [-0.3, -0.25) is 0 Å². The second-order valence-electron chi connectivity index (χ2n) is 3.14. The van der Waals surface area contributed by atoms with E-state index >= 15 is 0 Å². The molecule has 0 fully saturated rings. The van der Waals surface area contributed by atoms with Crippen LogP contribution >= 0.6 is 15.9 Å². The van der Waals surface area contributed by atoms with Crippen LogP contribution < -0.4 is 0 Å². The third kappa shape index (κ3) is 3.03. The Kier molecular flexibility index (Phi) is 4.31. The van der Waals surface area contributed by atoms with Crippen LogP contribution in [0.3, 0.4) is 0 Å². The van der Waals surface area contributed by atoms with E-state index in [1.807, 2.05) is 0 Å². The highest BCUT2D eigenvalue weighted by molar-refractivity contribution is 9.09. The average molecular weight is 293 g/mol. The lowest BCUT2D eigenvalue weighted by Crippen LogP contribution is -2.04. The zero-order chi connectivity index (χ0) is 11.5. The van der Waals surface area contributed by atoms with Crippen molar-refractivity contribution in [3.05, 3.63) is 29.8 Å². The molecule has 0 spiro atoms. The van der Waals surface area contributed by atoms with Crippen LogP contribution in [0.4, 0.5) is 0 Å². The maximum atomic E-state index is 11.5. The molecule has 0 aliphatic heterocycles. The maximum Gasteiger partial charge on any atom is 0.178 e. The standard InChI is InChI=1S/C10H13BrO3S/c1-2-15(13,14)9-5-3-8(4-6-9)10(12)7-11/h3-6,10,12H,2,7H2,1H3. The van der Waals surface area contributed by atoms with Crippen LogP contribution in [-0.2, 0) is 9.84 Å². The molecular weight excluding hydrogens is 280 g/mol. The van der Waals surface area contributed by atoms with E-state index in [0.29, 0.717) is 15.8 Å². The van der Waals surface area contributed by atoms with Gasteiger partial charge in [-0.25, -0.2) is 8.42 Å². The number of rotatable bonds is 4. The number of hydrogen-bond donors (Lipinski definition) is 1. The van der Waals surface area contributed by atoms with Crippen molar-refractivity contribution in [2.24, 2.45) is 0 Å². The molecule has 0 amide bonds. The highest BCUT2D eigenvalue weighted by Gasteiger charge is 2.12. The summed E-state index contributed by atoms with van der Waals surface area (Å²) in [4.78, 5) is 0.301. The summed E-state index contributed by atoms with van der Waals surface area (Å²) in [6.07, 6.45) is -0.594. The van der Waals surface area contributed by atoms with Crippen LogP contribution in [0.15, 0.2) is 29.2 Å². The molecule has 1 aromatic rings. The normalized spacial score (nSPS) is 13.8. The van der Waals surface area contributed by atoms with Crippen molar-refractivity contribution < 1.29 is 13.5 Å². The van der Waals surface area contributed by atoms with Crippen molar-refractivity contribution in [3.8, 4) is 0 Å². The number of alkyl halides is 1. The molecule has 1 rings (SSSR count). The summed E-state index contributed by atoms with van der Waals surface area (Å²) < 4.78 is 23.0. The van der Waals surface area contributed by atoms with Gasteiger partial charge in [0.05, 0.1) is 16.8 Å². The molecule has 5 heteroatoms. The zero-order valence-electron chi connectivity index (χ0n) is 8.35. The van der Waals surface area contributed by atoms with Crippen molar-refractivity contribution >= 4 is 25.8 Å². The van der Waals surface area contributed by atoms with Crippen molar-refractivity contribution in [1.82, 2.24) is 0 Å². The number of halogens is 1. The quantitative estimate of drug-likeness (QED) is 0.863. The molecule has 84 valence electrons.